The number of benzene rings is 1. The fraction of sp³-hybridized carbons (Fsp3) is 0.538. The Morgan fingerprint density at radius 1 is 1.38 bits per heavy atom. The molecule has 0 heterocycles. The predicted molar refractivity (Wildman–Crippen MR) is 67.3 cm³/mol. The van der Waals surface area contributed by atoms with Crippen LogP contribution in [0.3, 0.4) is 0 Å². The lowest BCUT2D eigenvalue weighted by Gasteiger charge is -2.21. The first kappa shape index (κ1) is 13.5. The standard InChI is InChI=1S/C13H19ClFN/c1-4-16-12(8-9(2)3)10-6-5-7-11(14)13(10)15/h5-7,9,12,16H,4,8H2,1-3H3. The summed E-state index contributed by atoms with van der Waals surface area (Å²) in [5, 5.41) is 3.50. The summed E-state index contributed by atoms with van der Waals surface area (Å²) in [7, 11) is 0. The highest BCUT2D eigenvalue weighted by Crippen LogP contribution is 2.27. The maximum atomic E-state index is 13.9. The van der Waals surface area contributed by atoms with Gasteiger partial charge in [-0.3, -0.25) is 0 Å². The number of nitrogens with one attached hydrogen (secondary N) is 1. The van der Waals surface area contributed by atoms with Crippen LogP contribution in [0.25, 0.3) is 0 Å². The molecule has 3 heteroatoms. The van der Waals surface area contributed by atoms with Gasteiger partial charge in [0.25, 0.3) is 0 Å². The van der Waals surface area contributed by atoms with Gasteiger partial charge in [-0.1, -0.05) is 44.5 Å². The Morgan fingerprint density at radius 3 is 2.62 bits per heavy atom. The molecule has 0 bridgehead atoms. The zero-order valence-corrected chi connectivity index (χ0v) is 10.8. The molecule has 0 fully saturated rings. The topological polar surface area (TPSA) is 12.0 Å². The molecule has 1 N–H and O–H groups in total. The average Bonchev–Trinajstić information content (AvgIpc) is 2.21. The Labute approximate surface area is 102 Å². The lowest BCUT2D eigenvalue weighted by Crippen LogP contribution is -2.23. The van der Waals surface area contributed by atoms with E-state index in [-0.39, 0.29) is 16.9 Å². The van der Waals surface area contributed by atoms with Gasteiger partial charge in [-0.15, -0.1) is 0 Å². The molecule has 90 valence electrons. The normalized spacial score (nSPS) is 13.1. The Bertz CT molecular complexity index is 339. The molecule has 16 heavy (non-hydrogen) atoms. The van der Waals surface area contributed by atoms with E-state index in [9.17, 15) is 4.39 Å². The van der Waals surface area contributed by atoms with Crippen molar-refractivity contribution in [2.45, 2.75) is 33.2 Å². The van der Waals surface area contributed by atoms with Gasteiger partial charge in [0.1, 0.15) is 5.82 Å². The van der Waals surface area contributed by atoms with Crippen molar-refractivity contribution >= 4 is 11.6 Å². The van der Waals surface area contributed by atoms with E-state index in [1.807, 2.05) is 6.92 Å². The van der Waals surface area contributed by atoms with E-state index in [2.05, 4.69) is 19.2 Å². The van der Waals surface area contributed by atoms with Gasteiger partial charge in [-0.25, -0.2) is 4.39 Å². The maximum Gasteiger partial charge on any atom is 0.146 e. The van der Waals surface area contributed by atoms with Gasteiger partial charge in [0, 0.05) is 11.6 Å². The van der Waals surface area contributed by atoms with Gasteiger partial charge in [0.05, 0.1) is 5.02 Å². The second-order valence-electron chi connectivity index (χ2n) is 4.38. The van der Waals surface area contributed by atoms with Crippen LogP contribution in [0.5, 0.6) is 0 Å². The van der Waals surface area contributed by atoms with Gasteiger partial charge in [-0.2, -0.15) is 0 Å². The highest BCUT2D eigenvalue weighted by atomic mass is 35.5. The summed E-state index contributed by atoms with van der Waals surface area (Å²) >= 11 is 5.79. The molecular formula is C13H19ClFN. The summed E-state index contributed by atoms with van der Waals surface area (Å²) in [4.78, 5) is 0. The molecular weight excluding hydrogens is 225 g/mol. The first-order chi connectivity index (χ1) is 7.56. The van der Waals surface area contributed by atoms with E-state index in [1.54, 1.807) is 18.2 Å². The maximum absolute atomic E-state index is 13.9. The van der Waals surface area contributed by atoms with Crippen LogP contribution in [0, 0.1) is 11.7 Å². The molecule has 1 nitrogen and oxygen atoms in total. The Kier molecular flexibility index (Phi) is 5.23. The van der Waals surface area contributed by atoms with Gasteiger partial charge >= 0.3 is 0 Å². The van der Waals surface area contributed by atoms with E-state index in [4.69, 9.17) is 11.6 Å². The lowest BCUT2D eigenvalue weighted by atomic mass is 9.96. The van der Waals surface area contributed by atoms with E-state index in [0.717, 1.165) is 13.0 Å². The van der Waals surface area contributed by atoms with Crippen LogP contribution < -0.4 is 5.32 Å². The first-order valence-electron chi connectivity index (χ1n) is 5.73. The molecule has 0 saturated heterocycles. The van der Waals surface area contributed by atoms with E-state index in [0.29, 0.717) is 11.5 Å². The number of halogens is 2. The van der Waals surface area contributed by atoms with Crippen LogP contribution in [-0.4, -0.2) is 6.54 Å². The molecule has 0 spiro atoms. The van der Waals surface area contributed by atoms with Crippen molar-refractivity contribution in [2.75, 3.05) is 6.54 Å². The van der Waals surface area contributed by atoms with Crippen molar-refractivity contribution in [3.8, 4) is 0 Å². The number of hydrogen-bond acceptors (Lipinski definition) is 1. The minimum Gasteiger partial charge on any atom is -0.310 e. The molecule has 0 saturated carbocycles. The summed E-state index contributed by atoms with van der Waals surface area (Å²) in [6, 6.07) is 5.23. The highest BCUT2D eigenvalue weighted by molar-refractivity contribution is 6.30. The van der Waals surface area contributed by atoms with Gasteiger partial charge in [0.15, 0.2) is 0 Å². The van der Waals surface area contributed by atoms with Gasteiger partial charge in [0.2, 0.25) is 0 Å². The molecule has 1 atom stereocenters. The quantitative estimate of drug-likeness (QED) is 0.818. The predicted octanol–water partition coefficient (Wildman–Crippen LogP) is 4.18. The van der Waals surface area contributed by atoms with Crippen molar-refractivity contribution in [2.24, 2.45) is 5.92 Å². The van der Waals surface area contributed by atoms with Crippen LogP contribution in [-0.2, 0) is 0 Å². The second-order valence-corrected chi connectivity index (χ2v) is 4.79. The Balaban J connectivity index is 2.96. The molecule has 0 amide bonds. The largest absolute Gasteiger partial charge is 0.310 e. The zero-order valence-electron chi connectivity index (χ0n) is 10.1. The molecule has 0 aliphatic carbocycles. The second kappa shape index (κ2) is 6.21. The minimum absolute atomic E-state index is 0.0451. The van der Waals surface area contributed by atoms with E-state index < -0.39 is 0 Å². The van der Waals surface area contributed by atoms with Crippen LogP contribution in [0.1, 0.15) is 38.8 Å². The minimum atomic E-state index is -0.296. The molecule has 0 radical (unpaired) electrons. The van der Waals surface area contributed by atoms with Crippen LogP contribution in [0.15, 0.2) is 18.2 Å². The van der Waals surface area contributed by atoms with Crippen LogP contribution >= 0.6 is 11.6 Å². The molecule has 0 aliphatic rings. The van der Waals surface area contributed by atoms with Crippen LogP contribution in [0.2, 0.25) is 5.02 Å². The smallest absolute Gasteiger partial charge is 0.146 e. The van der Waals surface area contributed by atoms with Gasteiger partial charge < -0.3 is 5.32 Å². The Morgan fingerprint density at radius 2 is 2.06 bits per heavy atom. The lowest BCUT2D eigenvalue weighted by molar-refractivity contribution is 0.424. The van der Waals surface area contributed by atoms with E-state index in [1.165, 1.54) is 0 Å². The van der Waals surface area contributed by atoms with Crippen molar-refractivity contribution < 1.29 is 4.39 Å². The van der Waals surface area contributed by atoms with Gasteiger partial charge in [-0.05, 0) is 24.9 Å². The molecule has 0 aromatic heterocycles. The average molecular weight is 244 g/mol. The van der Waals surface area contributed by atoms with Crippen molar-refractivity contribution in [1.82, 2.24) is 5.32 Å². The highest BCUT2D eigenvalue weighted by Gasteiger charge is 2.17. The first-order valence-corrected chi connectivity index (χ1v) is 6.11. The number of hydrogen-bond donors (Lipinski definition) is 1. The summed E-state index contributed by atoms with van der Waals surface area (Å²) in [5.41, 5.74) is 0.669. The summed E-state index contributed by atoms with van der Waals surface area (Å²) in [6.45, 7) is 7.11. The molecule has 1 aromatic rings. The Hall–Kier alpha value is -0.600. The third-order valence-corrected chi connectivity index (χ3v) is 2.81. The third kappa shape index (κ3) is 3.46. The molecule has 0 aliphatic heterocycles. The zero-order chi connectivity index (χ0) is 12.1. The van der Waals surface area contributed by atoms with Crippen molar-refractivity contribution in [3.05, 3.63) is 34.6 Å². The fourth-order valence-corrected chi connectivity index (χ4v) is 2.01. The summed E-state index contributed by atoms with van der Waals surface area (Å²) in [6.07, 6.45) is 0.908. The van der Waals surface area contributed by atoms with E-state index >= 15 is 0 Å². The molecule has 1 aromatic carbocycles. The number of rotatable bonds is 5. The SMILES string of the molecule is CCNC(CC(C)C)c1cccc(Cl)c1F. The summed E-state index contributed by atoms with van der Waals surface area (Å²) < 4.78 is 13.9. The van der Waals surface area contributed by atoms with Crippen LogP contribution in [0.4, 0.5) is 4.39 Å². The van der Waals surface area contributed by atoms with Crippen molar-refractivity contribution in [3.63, 3.8) is 0 Å². The fourth-order valence-electron chi connectivity index (χ4n) is 1.83. The van der Waals surface area contributed by atoms with Crippen molar-refractivity contribution in [1.29, 1.82) is 0 Å². The third-order valence-electron chi connectivity index (χ3n) is 2.51. The monoisotopic (exact) mass is 243 g/mol. The molecule has 1 rings (SSSR count). The summed E-state index contributed by atoms with van der Waals surface area (Å²) in [5.74, 6) is 0.221. The molecule has 1 unspecified atom stereocenters.